The molecule has 0 spiro atoms. The Balaban J connectivity index is 2.94. The van der Waals surface area contributed by atoms with Crippen molar-refractivity contribution in [3.05, 3.63) is 35.7 Å². The van der Waals surface area contributed by atoms with Crippen LogP contribution < -0.4 is 9.46 Å². The number of methoxy groups -OCH3 is 1. The van der Waals surface area contributed by atoms with E-state index in [9.17, 15) is 8.60 Å². The third-order valence-electron chi connectivity index (χ3n) is 3.17. The van der Waals surface area contributed by atoms with Gasteiger partial charge in [0, 0.05) is 0 Å². The van der Waals surface area contributed by atoms with E-state index in [1.54, 1.807) is 31.4 Å². The Morgan fingerprint density at radius 1 is 1.27 bits per heavy atom. The lowest BCUT2D eigenvalue weighted by atomic mass is 10.0. The van der Waals surface area contributed by atoms with Crippen molar-refractivity contribution in [2.24, 2.45) is 5.92 Å². The molecule has 2 atom stereocenters. The zero-order valence-corrected chi connectivity index (χ0v) is 15.0. The van der Waals surface area contributed by atoms with Crippen LogP contribution in [0, 0.1) is 5.92 Å². The fourth-order valence-corrected chi connectivity index (χ4v) is 2.72. The quantitative estimate of drug-likeness (QED) is 0.855. The Kier molecular flexibility index (Phi) is 6.75. The van der Waals surface area contributed by atoms with Crippen LogP contribution in [0.5, 0.6) is 5.75 Å². The van der Waals surface area contributed by atoms with Crippen molar-refractivity contribution < 1.29 is 13.3 Å². The van der Waals surface area contributed by atoms with Gasteiger partial charge in [-0.3, -0.25) is 0 Å². The molecule has 0 radical (unpaired) electrons. The fraction of sp³-hybridized carbons (Fsp3) is 0.529. The average Bonchev–Trinajstić information content (AvgIpc) is 2.43. The smallest absolute Gasteiger partial charge is 0.119 e. The van der Waals surface area contributed by atoms with Crippen LogP contribution in [-0.2, 0) is 11.0 Å². The third-order valence-corrected chi connectivity index (χ3v) is 4.75. The summed E-state index contributed by atoms with van der Waals surface area (Å²) in [5.41, 5.74) is 0.743. The van der Waals surface area contributed by atoms with Gasteiger partial charge in [0.1, 0.15) is 11.6 Å². The lowest BCUT2D eigenvalue weighted by molar-refractivity contribution is 0.414. The van der Waals surface area contributed by atoms with Gasteiger partial charge in [0.2, 0.25) is 0 Å². The Bertz CT molecular complexity index is 533. The SMILES string of the molecule is COc1ccc(/C=C(\F)[C@@H](NS(=O)C(C)(C)C)C(C)C)cc1. The summed E-state index contributed by atoms with van der Waals surface area (Å²) in [6, 6.07) is 6.56. The topological polar surface area (TPSA) is 38.3 Å². The molecular weight excluding hydrogens is 301 g/mol. The molecular formula is C17H26FNO2S. The van der Waals surface area contributed by atoms with Crippen LogP contribution in [0.2, 0.25) is 0 Å². The van der Waals surface area contributed by atoms with Crippen LogP contribution in [0.15, 0.2) is 30.1 Å². The van der Waals surface area contributed by atoms with Gasteiger partial charge in [-0.15, -0.1) is 0 Å². The molecule has 0 heterocycles. The van der Waals surface area contributed by atoms with E-state index in [-0.39, 0.29) is 11.7 Å². The van der Waals surface area contributed by atoms with Crippen molar-refractivity contribution >= 4 is 17.1 Å². The van der Waals surface area contributed by atoms with E-state index in [0.29, 0.717) is 0 Å². The predicted octanol–water partition coefficient (Wildman–Crippen LogP) is 4.08. The molecule has 3 nitrogen and oxygen atoms in total. The molecule has 0 aliphatic heterocycles. The van der Waals surface area contributed by atoms with Gasteiger partial charge in [0.15, 0.2) is 0 Å². The van der Waals surface area contributed by atoms with Gasteiger partial charge in [-0.25, -0.2) is 13.3 Å². The van der Waals surface area contributed by atoms with Gasteiger partial charge in [0.25, 0.3) is 0 Å². The minimum atomic E-state index is -1.32. The van der Waals surface area contributed by atoms with E-state index in [4.69, 9.17) is 4.74 Å². The Hall–Kier alpha value is -1.20. The summed E-state index contributed by atoms with van der Waals surface area (Å²) in [6.45, 7) is 9.38. The highest BCUT2D eigenvalue weighted by Crippen LogP contribution is 2.21. The predicted molar refractivity (Wildman–Crippen MR) is 91.7 cm³/mol. The molecule has 0 bridgehead atoms. The molecule has 0 amide bonds. The van der Waals surface area contributed by atoms with Gasteiger partial charge >= 0.3 is 0 Å². The molecule has 0 saturated carbocycles. The third kappa shape index (κ3) is 5.54. The summed E-state index contributed by atoms with van der Waals surface area (Å²) < 4.78 is 34.3. The molecule has 124 valence electrons. The van der Waals surface area contributed by atoms with Crippen molar-refractivity contribution in [2.75, 3.05) is 7.11 Å². The van der Waals surface area contributed by atoms with Crippen molar-refractivity contribution in [3.8, 4) is 5.75 Å². The van der Waals surface area contributed by atoms with Gasteiger partial charge in [-0.05, 0) is 50.5 Å². The molecule has 1 aromatic carbocycles. The highest BCUT2D eigenvalue weighted by molar-refractivity contribution is 7.84. The first-order valence-electron chi connectivity index (χ1n) is 7.34. The van der Waals surface area contributed by atoms with E-state index in [1.807, 2.05) is 34.6 Å². The molecule has 1 rings (SSSR count). The van der Waals surface area contributed by atoms with E-state index < -0.39 is 21.8 Å². The van der Waals surface area contributed by atoms with Crippen LogP contribution >= 0.6 is 0 Å². The second-order valence-electron chi connectivity index (χ2n) is 6.52. The number of nitrogens with one attached hydrogen (secondary N) is 1. The number of ether oxygens (including phenoxy) is 1. The molecule has 1 unspecified atom stereocenters. The normalized spacial score (nSPS) is 15.7. The van der Waals surface area contributed by atoms with E-state index >= 15 is 0 Å². The summed E-state index contributed by atoms with van der Waals surface area (Å²) in [5, 5.41) is 0. The number of hydrogen-bond acceptors (Lipinski definition) is 2. The largest absolute Gasteiger partial charge is 0.497 e. The summed E-state index contributed by atoms with van der Waals surface area (Å²) in [4.78, 5) is 0. The Labute approximate surface area is 135 Å². The molecule has 1 aromatic rings. The van der Waals surface area contributed by atoms with Crippen LogP contribution in [0.3, 0.4) is 0 Å². The first-order chi connectivity index (χ1) is 10.1. The van der Waals surface area contributed by atoms with E-state index in [2.05, 4.69) is 4.72 Å². The lowest BCUT2D eigenvalue weighted by Crippen LogP contribution is -2.42. The number of halogens is 1. The second-order valence-corrected chi connectivity index (χ2v) is 8.52. The van der Waals surface area contributed by atoms with Gasteiger partial charge in [-0.2, -0.15) is 0 Å². The Morgan fingerprint density at radius 3 is 2.23 bits per heavy atom. The fourth-order valence-electron chi connectivity index (χ4n) is 1.75. The molecule has 0 aromatic heterocycles. The minimum absolute atomic E-state index is 0.0131. The van der Waals surface area contributed by atoms with Crippen molar-refractivity contribution in [1.82, 2.24) is 4.72 Å². The summed E-state index contributed by atoms with van der Waals surface area (Å²) in [7, 11) is 0.267. The molecule has 1 N–H and O–H groups in total. The molecule has 0 fully saturated rings. The second kappa shape index (κ2) is 7.88. The van der Waals surface area contributed by atoms with Crippen molar-refractivity contribution in [3.63, 3.8) is 0 Å². The lowest BCUT2D eigenvalue weighted by Gasteiger charge is -2.25. The van der Waals surface area contributed by atoms with Crippen molar-refractivity contribution in [1.29, 1.82) is 0 Å². The van der Waals surface area contributed by atoms with Crippen LogP contribution in [0.25, 0.3) is 6.08 Å². The zero-order chi connectivity index (χ0) is 16.9. The van der Waals surface area contributed by atoms with E-state index in [0.717, 1.165) is 11.3 Å². The highest BCUT2D eigenvalue weighted by Gasteiger charge is 2.26. The molecule has 22 heavy (non-hydrogen) atoms. The number of benzene rings is 1. The number of rotatable bonds is 6. The van der Waals surface area contributed by atoms with Crippen LogP contribution in [-0.4, -0.2) is 22.1 Å². The molecule has 5 heteroatoms. The minimum Gasteiger partial charge on any atom is -0.497 e. The average molecular weight is 327 g/mol. The summed E-state index contributed by atoms with van der Waals surface area (Å²) in [5.74, 6) is 0.392. The maximum atomic E-state index is 14.6. The first-order valence-corrected chi connectivity index (χ1v) is 8.49. The van der Waals surface area contributed by atoms with Gasteiger partial charge in [-0.1, -0.05) is 26.0 Å². The summed E-state index contributed by atoms with van der Waals surface area (Å²) in [6.07, 6.45) is 1.47. The Morgan fingerprint density at radius 2 is 1.82 bits per heavy atom. The van der Waals surface area contributed by atoms with Gasteiger partial charge in [0.05, 0.1) is 28.9 Å². The molecule has 0 aliphatic rings. The standard InChI is InChI=1S/C17H26FNO2S/c1-12(2)16(19-22(20)17(3,4)5)15(18)11-13-7-9-14(21-6)10-8-13/h7-12,16,19H,1-6H3/b15-11-/t16-,22?/m0/s1. The van der Waals surface area contributed by atoms with Gasteiger partial charge < -0.3 is 4.74 Å². The first kappa shape index (κ1) is 18.8. The number of hydrogen-bond donors (Lipinski definition) is 1. The molecule has 0 aliphatic carbocycles. The summed E-state index contributed by atoms with van der Waals surface area (Å²) >= 11 is 0. The van der Waals surface area contributed by atoms with Crippen LogP contribution in [0.1, 0.15) is 40.2 Å². The molecule has 0 saturated heterocycles. The van der Waals surface area contributed by atoms with E-state index in [1.165, 1.54) is 6.08 Å². The van der Waals surface area contributed by atoms with Crippen LogP contribution in [0.4, 0.5) is 4.39 Å². The zero-order valence-electron chi connectivity index (χ0n) is 14.1. The monoisotopic (exact) mass is 327 g/mol. The maximum absolute atomic E-state index is 14.6. The highest BCUT2D eigenvalue weighted by atomic mass is 32.2. The maximum Gasteiger partial charge on any atom is 0.119 e. The van der Waals surface area contributed by atoms with Crippen molar-refractivity contribution in [2.45, 2.75) is 45.4 Å².